The fraction of sp³-hybridized carbons (Fsp3) is 0.182. The number of nitrogens with zero attached hydrogens (tertiary/aromatic N) is 4. The molecule has 2 aliphatic rings. The van der Waals surface area contributed by atoms with Crippen molar-refractivity contribution in [3.8, 4) is 0 Å². The molecule has 4 aromatic carbocycles. The summed E-state index contributed by atoms with van der Waals surface area (Å²) in [4.78, 5) is 20.2. The molecule has 0 spiro atoms. The van der Waals surface area contributed by atoms with Crippen molar-refractivity contribution in [2.45, 2.75) is 26.3 Å². The summed E-state index contributed by atoms with van der Waals surface area (Å²) < 4.78 is 0. The quantitative estimate of drug-likeness (QED) is 0.235. The van der Waals surface area contributed by atoms with Crippen LogP contribution >= 0.6 is 23.4 Å². The van der Waals surface area contributed by atoms with Crippen LogP contribution in [0.1, 0.15) is 43.0 Å². The third-order valence-electron chi connectivity index (χ3n) is 7.40. The molecular weight excluding hydrogens is 536 g/mol. The minimum atomic E-state index is -0.231. The molecule has 0 aromatic heterocycles. The van der Waals surface area contributed by atoms with Crippen molar-refractivity contribution in [1.29, 1.82) is 0 Å². The molecule has 1 unspecified atom stereocenters. The fourth-order valence-electron chi connectivity index (χ4n) is 5.28. The number of rotatable bonds is 6. The smallest absolute Gasteiger partial charge is 0.311 e. The average molecular weight is 565 g/mol. The van der Waals surface area contributed by atoms with Crippen LogP contribution in [0.3, 0.4) is 0 Å². The van der Waals surface area contributed by atoms with E-state index in [4.69, 9.17) is 16.7 Å². The number of carbonyl (C=O) groups excluding carboxylic acids is 1. The summed E-state index contributed by atoms with van der Waals surface area (Å²) in [6, 6.07) is 30.9. The fourth-order valence-corrected chi connectivity index (χ4v) is 6.15. The Hall–Kier alpha value is -3.87. The van der Waals surface area contributed by atoms with Gasteiger partial charge >= 0.3 is 5.24 Å². The first kappa shape index (κ1) is 26.4. The van der Waals surface area contributed by atoms with Crippen molar-refractivity contribution in [3.63, 3.8) is 0 Å². The van der Waals surface area contributed by atoms with Crippen LogP contribution in [0.5, 0.6) is 0 Å². The van der Waals surface area contributed by atoms with Gasteiger partial charge in [-0.05, 0) is 89.5 Å². The molecule has 1 atom stereocenters. The van der Waals surface area contributed by atoms with Gasteiger partial charge in [-0.2, -0.15) is 10.1 Å². The Balaban J connectivity index is 1.38. The minimum Gasteiger partial charge on any atom is -0.372 e. The lowest BCUT2D eigenvalue weighted by Crippen LogP contribution is -2.26. The van der Waals surface area contributed by atoms with Gasteiger partial charge in [0.05, 0.1) is 16.7 Å². The summed E-state index contributed by atoms with van der Waals surface area (Å²) >= 11 is 7.37. The summed E-state index contributed by atoms with van der Waals surface area (Å²) in [5.41, 5.74) is 5.29. The summed E-state index contributed by atoms with van der Waals surface area (Å²) in [5, 5.41) is 9.81. The van der Waals surface area contributed by atoms with Gasteiger partial charge in [-0.25, -0.2) is 5.01 Å². The molecule has 0 aliphatic carbocycles. The molecule has 40 heavy (non-hydrogen) atoms. The van der Waals surface area contributed by atoms with Crippen molar-refractivity contribution in [3.05, 3.63) is 118 Å². The number of aliphatic imine (C=N–C) groups is 1. The molecular formula is C33H29ClN4OS. The lowest BCUT2D eigenvalue weighted by Gasteiger charge is -2.24. The molecule has 0 saturated carbocycles. The number of anilines is 1. The average Bonchev–Trinajstić information content (AvgIpc) is 3.58. The number of carbonyl (C=O) groups is 1. The Labute approximate surface area is 243 Å². The second-order valence-corrected chi connectivity index (χ2v) is 11.2. The van der Waals surface area contributed by atoms with E-state index in [1.165, 1.54) is 16.5 Å². The maximum Gasteiger partial charge on any atom is 0.311 e. The van der Waals surface area contributed by atoms with E-state index in [1.54, 1.807) is 0 Å². The summed E-state index contributed by atoms with van der Waals surface area (Å²) in [6.07, 6.45) is 2.71. The van der Waals surface area contributed by atoms with E-state index in [-0.39, 0.29) is 11.3 Å². The first-order valence-corrected chi connectivity index (χ1v) is 14.7. The number of thioether (sulfide) groups is 1. The van der Waals surface area contributed by atoms with Crippen LogP contribution in [-0.4, -0.2) is 34.9 Å². The van der Waals surface area contributed by atoms with Crippen molar-refractivity contribution < 1.29 is 4.79 Å². The second-order valence-electron chi connectivity index (χ2n) is 9.80. The Bertz CT molecular complexity index is 1660. The molecule has 0 fully saturated rings. The zero-order valence-electron chi connectivity index (χ0n) is 22.4. The molecule has 200 valence electrons. The van der Waals surface area contributed by atoms with Gasteiger partial charge in [0.25, 0.3) is 0 Å². The predicted molar refractivity (Wildman–Crippen MR) is 170 cm³/mol. The SMILES string of the molecule is CCN(CC)c1ccc(/C=C2\SC(=O)N=C2N2N=C(c3ccc4ccccc4c3)CC2c2ccc(Cl)cc2)cc1. The molecule has 7 heteroatoms. The Morgan fingerprint density at radius 2 is 1.68 bits per heavy atom. The van der Waals surface area contributed by atoms with Crippen molar-refractivity contribution >= 4 is 62.7 Å². The topological polar surface area (TPSA) is 48.3 Å². The van der Waals surface area contributed by atoms with Gasteiger partial charge in [-0.1, -0.05) is 72.3 Å². The predicted octanol–water partition coefficient (Wildman–Crippen LogP) is 8.80. The number of hydrazone groups is 1. The molecule has 0 bridgehead atoms. The molecule has 1 amide bonds. The first-order chi connectivity index (χ1) is 19.5. The maximum absolute atomic E-state index is 12.7. The van der Waals surface area contributed by atoms with Gasteiger partial charge < -0.3 is 4.90 Å². The monoisotopic (exact) mass is 564 g/mol. The zero-order valence-corrected chi connectivity index (χ0v) is 24.0. The molecule has 0 radical (unpaired) electrons. The van der Waals surface area contributed by atoms with E-state index in [2.05, 4.69) is 78.3 Å². The van der Waals surface area contributed by atoms with Crippen LogP contribution in [0.15, 0.2) is 106 Å². The molecule has 5 nitrogen and oxygen atoms in total. The van der Waals surface area contributed by atoms with Gasteiger partial charge in [-0.3, -0.25) is 4.79 Å². The van der Waals surface area contributed by atoms with Crippen molar-refractivity contribution in [1.82, 2.24) is 5.01 Å². The molecule has 0 N–H and O–H groups in total. The molecule has 2 heterocycles. The summed E-state index contributed by atoms with van der Waals surface area (Å²) in [5.74, 6) is 0.582. The normalized spacial score (nSPS) is 18.0. The van der Waals surface area contributed by atoms with Crippen LogP contribution < -0.4 is 4.90 Å². The van der Waals surface area contributed by atoms with E-state index >= 15 is 0 Å². The molecule has 0 saturated heterocycles. The number of hydrogen-bond donors (Lipinski definition) is 0. The Kier molecular flexibility index (Phi) is 7.46. The highest BCUT2D eigenvalue weighted by atomic mass is 35.5. The molecule has 2 aliphatic heterocycles. The van der Waals surface area contributed by atoms with Crippen LogP contribution in [0.25, 0.3) is 16.8 Å². The van der Waals surface area contributed by atoms with Crippen molar-refractivity contribution in [2.24, 2.45) is 10.1 Å². The Morgan fingerprint density at radius 3 is 2.40 bits per heavy atom. The van der Waals surface area contributed by atoms with Crippen LogP contribution in [0.4, 0.5) is 10.5 Å². The van der Waals surface area contributed by atoms with Crippen LogP contribution in [-0.2, 0) is 0 Å². The number of amides is 1. The lowest BCUT2D eigenvalue weighted by molar-refractivity contribution is 0.267. The molecule has 6 rings (SSSR count). The van der Waals surface area contributed by atoms with Gasteiger partial charge in [0.2, 0.25) is 0 Å². The number of fused-ring (bicyclic) bond motifs is 1. The van der Waals surface area contributed by atoms with Gasteiger partial charge in [0.1, 0.15) is 0 Å². The van der Waals surface area contributed by atoms with Gasteiger partial charge in [-0.15, -0.1) is 0 Å². The third-order valence-corrected chi connectivity index (χ3v) is 8.44. The van der Waals surface area contributed by atoms with Gasteiger partial charge in [0, 0.05) is 30.2 Å². The number of amidine groups is 1. The van der Waals surface area contributed by atoms with E-state index in [0.29, 0.717) is 17.3 Å². The van der Waals surface area contributed by atoms with Crippen molar-refractivity contribution in [2.75, 3.05) is 18.0 Å². The third kappa shape index (κ3) is 5.29. The number of hydrogen-bond acceptors (Lipinski definition) is 5. The van der Waals surface area contributed by atoms with Crippen LogP contribution in [0, 0.1) is 0 Å². The highest BCUT2D eigenvalue weighted by Crippen LogP contribution is 2.40. The lowest BCUT2D eigenvalue weighted by atomic mass is 9.97. The zero-order chi connectivity index (χ0) is 27.6. The summed E-state index contributed by atoms with van der Waals surface area (Å²) in [7, 11) is 0. The van der Waals surface area contributed by atoms with E-state index in [9.17, 15) is 4.79 Å². The van der Waals surface area contributed by atoms with Crippen LogP contribution in [0.2, 0.25) is 5.02 Å². The number of benzene rings is 4. The van der Waals surface area contributed by atoms with E-state index in [0.717, 1.165) is 52.2 Å². The van der Waals surface area contributed by atoms with E-state index < -0.39 is 0 Å². The second kappa shape index (κ2) is 11.3. The standard InChI is InChI=1S/C33H29ClN4OS/c1-3-37(4-2)28-17-9-22(10-18-28)19-31-32(35-33(39)40-31)38-30(24-13-15-27(34)16-14-24)21-29(36-38)26-12-11-23-7-5-6-8-25(23)20-26/h5-20,30H,3-4,21H2,1-2H3/b31-19-. The Morgan fingerprint density at radius 1 is 0.950 bits per heavy atom. The molecule has 4 aromatic rings. The number of halogens is 1. The maximum atomic E-state index is 12.7. The largest absolute Gasteiger partial charge is 0.372 e. The minimum absolute atomic E-state index is 0.113. The first-order valence-electron chi connectivity index (χ1n) is 13.5. The van der Waals surface area contributed by atoms with E-state index in [1.807, 2.05) is 47.5 Å². The summed E-state index contributed by atoms with van der Waals surface area (Å²) in [6.45, 7) is 6.22. The highest BCUT2D eigenvalue weighted by molar-refractivity contribution is 8.18. The van der Waals surface area contributed by atoms with Gasteiger partial charge in [0.15, 0.2) is 5.84 Å². The highest BCUT2D eigenvalue weighted by Gasteiger charge is 2.37.